The van der Waals surface area contributed by atoms with Crippen molar-refractivity contribution in [3.05, 3.63) is 65.0 Å². The SMILES string of the molecule is Cc1ccc(CNc2c(Br)cc(Br)cc2Br)cc1[N+](=O)[O-]. The number of benzene rings is 2. The molecule has 0 atom stereocenters. The zero-order chi connectivity index (χ0) is 15.6. The van der Waals surface area contributed by atoms with E-state index < -0.39 is 0 Å². The van der Waals surface area contributed by atoms with Gasteiger partial charge in [0, 0.05) is 31.6 Å². The summed E-state index contributed by atoms with van der Waals surface area (Å²) in [7, 11) is 0. The lowest BCUT2D eigenvalue weighted by atomic mass is 10.1. The number of aryl methyl sites for hydroxylation is 1. The number of nitrogens with zero attached hydrogens (tertiary/aromatic N) is 1. The molecule has 2 aromatic carbocycles. The average molecular weight is 479 g/mol. The van der Waals surface area contributed by atoms with Crippen LogP contribution in [0.1, 0.15) is 11.1 Å². The molecule has 0 aliphatic rings. The van der Waals surface area contributed by atoms with Gasteiger partial charge < -0.3 is 5.32 Å². The molecule has 0 radical (unpaired) electrons. The maximum absolute atomic E-state index is 11.0. The minimum Gasteiger partial charge on any atom is -0.379 e. The summed E-state index contributed by atoms with van der Waals surface area (Å²) in [5, 5.41) is 14.2. The summed E-state index contributed by atoms with van der Waals surface area (Å²) in [5.41, 5.74) is 2.56. The number of rotatable bonds is 4. The van der Waals surface area contributed by atoms with Gasteiger partial charge in [0.05, 0.1) is 10.6 Å². The Hall–Kier alpha value is -0.920. The van der Waals surface area contributed by atoms with Gasteiger partial charge in [-0.05, 0) is 56.5 Å². The van der Waals surface area contributed by atoms with Crippen LogP contribution in [0, 0.1) is 17.0 Å². The summed E-state index contributed by atoms with van der Waals surface area (Å²) >= 11 is 10.4. The molecule has 2 aromatic rings. The van der Waals surface area contributed by atoms with Crippen LogP contribution in [0.5, 0.6) is 0 Å². The first-order valence-corrected chi connectivity index (χ1v) is 8.38. The molecule has 0 saturated heterocycles. The Balaban J connectivity index is 2.21. The topological polar surface area (TPSA) is 55.2 Å². The first-order valence-electron chi connectivity index (χ1n) is 6.01. The zero-order valence-electron chi connectivity index (χ0n) is 11.0. The normalized spacial score (nSPS) is 10.5. The molecular formula is C14H11Br3N2O2. The van der Waals surface area contributed by atoms with Crippen LogP contribution >= 0.6 is 47.8 Å². The lowest BCUT2D eigenvalue weighted by Crippen LogP contribution is -2.02. The minimum atomic E-state index is -0.357. The molecule has 7 heteroatoms. The van der Waals surface area contributed by atoms with E-state index in [-0.39, 0.29) is 10.6 Å². The van der Waals surface area contributed by atoms with Gasteiger partial charge in [-0.3, -0.25) is 10.1 Å². The van der Waals surface area contributed by atoms with Crippen LogP contribution in [0.2, 0.25) is 0 Å². The van der Waals surface area contributed by atoms with Gasteiger partial charge in [-0.25, -0.2) is 0 Å². The fourth-order valence-electron chi connectivity index (χ4n) is 1.86. The zero-order valence-corrected chi connectivity index (χ0v) is 15.7. The number of nitrogens with one attached hydrogen (secondary N) is 1. The summed E-state index contributed by atoms with van der Waals surface area (Å²) in [6.07, 6.45) is 0. The minimum absolute atomic E-state index is 0.142. The van der Waals surface area contributed by atoms with Crippen LogP contribution in [0.4, 0.5) is 11.4 Å². The van der Waals surface area contributed by atoms with E-state index >= 15 is 0 Å². The Morgan fingerprint density at radius 1 is 1.14 bits per heavy atom. The van der Waals surface area contributed by atoms with Crippen molar-refractivity contribution < 1.29 is 4.92 Å². The smallest absolute Gasteiger partial charge is 0.272 e. The van der Waals surface area contributed by atoms with Crippen molar-refractivity contribution in [1.82, 2.24) is 0 Å². The van der Waals surface area contributed by atoms with Crippen LogP contribution in [0.15, 0.2) is 43.7 Å². The molecule has 0 aliphatic carbocycles. The van der Waals surface area contributed by atoms with Crippen molar-refractivity contribution in [3.63, 3.8) is 0 Å². The van der Waals surface area contributed by atoms with E-state index in [1.807, 2.05) is 18.2 Å². The Morgan fingerprint density at radius 3 is 2.33 bits per heavy atom. The van der Waals surface area contributed by atoms with Gasteiger partial charge in [-0.2, -0.15) is 0 Å². The van der Waals surface area contributed by atoms with Crippen molar-refractivity contribution in [2.45, 2.75) is 13.5 Å². The van der Waals surface area contributed by atoms with Gasteiger partial charge in [0.2, 0.25) is 0 Å². The fraction of sp³-hybridized carbons (Fsp3) is 0.143. The van der Waals surface area contributed by atoms with E-state index in [0.717, 1.165) is 24.7 Å². The molecule has 0 fully saturated rings. The van der Waals surface area contributed by atoms with Gasteiger partial charge in [-0.1, -0.05) is 28.1 Å². The summed E-state index contributed by atoms with van der Waals surface area (Å²) in [5.74, 6) is 0. The van der Waals surface area contributed by atoms with E-state index in [1.54, 1.807) is 19.1 Å². The molecule has 21 heavy (non-hydrogen) atoms. The van der Waals surface area contributed by atoms with Gasteiger partial charge >= 0.3 is 0 Å². The fourth-order valence-corrected chi connectivity index (χ4v) is 4.40. The third-order valence-corrected chi connectivity index (χ3v) is 4.66. The lowest BCUT2D eigenvalue weighted by molar-refractivity contribution is -0.385. The maximum Gasteiger partial charge on any atom is 0.272 e. The predicted molar refractivity (Wildman–Crippen MR) is 94.7 cm³/mol. The van der Waals surface area contributed by atoms with Crippen molar-refractivity contribution in [2.24, 2.45) is 0 Å². The van der Waals surface area contributed by atoms with Gasteiger partial charge in [-0.15, -0.1) is 0 Å². The molecule has 0 bridgehead atoms. The van der Waals surface area contributed by atoms with Crippen LogP contribution < -0.4 is 5.32 Å². The lowest BCUT2D eigenvalue weighted by Gasteiger charge is -2.12. The molecule has 4 nitrogen and oxygen atoms in total. The number of hydrogen-bond acceptors (Lipinski definition) is 3. The highest BCUT2D eigenvalue weighted by atomic mass is 79.9. The predicted octanol–water partition coefficient (Wildman–Crippen LogP) is 5.80. The van der Waals surface area contributed by atoms with E-state index in [4.69, 9.17) is 0 Å². The Kier molecular flexibility index (Phi) is 5.40. The number of nitro benzene ring substituents is 1. The molecule has 1 N–H and O–H groups in total. The van der Waals surface area contributed by atoms with Gasteiger partial charge in [0.15, 0.2) is 0 Å². The largest absolute Gasteiger partial charge is 0.379 e. The summed E-state index contributed by atoms with van der Waals surface area (Å²) in [6, 6.07) is 9.12. The molecule has 0 spiro atoms. The Bertz CT molecular complexity index is 682. The summed E-state index contributed by atoms with van der Waals surface area (Å²) in [4.78, 5) is 10.6. The van der Waals surface area contributed by atoms with Crippen molar-refractivity contribution in [2.75, 3.05) is 5.32 Å². The molecular weight excluding hydrogens is 468 g/mol. The van der Waals surface area contributed by atoms with Gasteiger partial charge in [0.1, 0.15) is 0 Å². The number of anilines is 1. The second kappa shape index (κ2) is 6.89. The third kappa shape index (κ3) is 4.05. The van der Waals surface area contributed by atoms with Crippen molar-refractivity contribution in [3.8, 4) is 0 Å². The van der Waals surface area contributed by atoms with Crippen LogP contribution in [-0.4, -0.2) is 4.92 Å². The van der Waals surface area contributed by atoms with E-state index in [0.29, 0.717) is 12.1 Å². The van der Waals surface area contributed by atoms with Crippen LogP contribution in [0.3, 0.4) is 0 Å². The monoisotopic (exact) mass is 476 g/mol. The molecule has 0 heterocycles. The quantitative estimate of drug-likeness (QED) is 0.446. The third-order valence-electron chi connectivity index (χ3n) is 2.95. The first-order chi connectivity index (χ1) is 9.88. The molecule has 0 saturated carbocycles. The van der Waals surface area contributed by atoms with Crippen LogP contribution in [-0.2, 0) is 6.54 Å². The maximum atomic E-state index is 11.0. The molecule has 110 valence electrons. The van der Waals surface area contributed by atoms with Crippen LogP contribution in [0.25, 0.3) is 0 Å². The molecule has 2 rings (SSSR count). The highest BCUT2D eigenvalue weighted by Gasteiger charge is 2.12. The number of halogens is 3. The average Bonchev–Trinajstić information content (AvgIpc) is 2.38. The van der Waals surface area contributed by atoms with E-state index in [1.165, 1.54) is 0 Å². The number of hydrogen-bond donors (Lipinski definition) is 1. The second-order valence-electron chi connectivity index (χ2n) is 4.48. The summed E-state index contributed by atoms with van der Waals surface area (Å²) < 4.78 is 2.77. The van der Waals surface area contributed by atoms with Crippen molar-refractivity contribution in [1.29, 1.82) is 0 Å². The molecule has 0 aliphatic heterocycles. The standard InChI is InChI=1S/C14H11Br3N2O2/c1-8-2-3-9(4-13(8)19(20)21)7-18-14-11(16)5-10(15)6-12(14)17/h2-6,18H,7H2,1H3. The van der Waals surface area contributed by atoms with E-state index in [2.05, 4.69) is 53.1 Å². The number of nitro groups is 1. The highest BCUT2D eigenvalue weighted by Crippen LogP contribution is 2.34. The Labute approximate surface area is 147 Å². The summed E-state index contributed by atoms with van der Waals surface area (Å²) in [6.45, 7) is 2.23. The highest BCUT2D eigenvalue weighted by molar-refractivity contribution is 9.11. The van der Waals surface area contributed by atoms with Crippen molar-refractivity contribution >= 4 is 59.2 Å². The molecule has 0 unspecified atom stereocenters. The Morgan fingerprint density at radius 2 is 1.76 bits per heavy atom. The molecule has 0 amide bonds. The molecule has 0 aromatic heterocycles. The second-order valence-corrected chi connectivity index (χ2v) is 7.10. The van der Waals surface area contributed by atoms with E-state index in [9.17, 15) is 10.1 Å². The first kappa shape index (κ1) is 16.5. The van der Waals surface area contributed by atoms with Gasteiger partial charge in [0.25, 0.3) is 5.69 Å².